The minimum atomic E-state index is -0.464. The number of nitro benzene ring substituents is 1. The monoisotopic (exact) mass is 293 g/mol. The minimum absolute atomic E-state index is 0.00614. The second-order valence-electron chi connectivity index (χ2n) is 5.04. The Kier molecular flexibility index (Phi) is 4.71. The molecule has 0 radical (unpaired) electrons. The Morgan fingerprint density at radius 2 is 1.81 bits per heavy atom. The Morgan fingerprint density at radius 1 is 1.24 bits per heavy atom. The summed E-state index contributed by atoms with van der Waals surface area (Å²) in [6, 6.07) is 5.63. The average molecular weight is 293 g/mol. The second-order valence-corrected chi connectivity index (χ2v) is 5.04. The number of hydrogen-bond acceptors (Lipinski definition) is 5. The fourth-order valence-electron chi connectivity index (χ4n) is 2.04. The van der Waals surface area contributed by atoms with Crippen molar-refractivity contribution in [3.63, 3.8) is 0 Å². The molecule has 1 saturated heterocycles. The smallest absolute Gasteiger partial charge is 0.304 e. The molecule has 0 saturated carbocycles. The maximum absolute atomic E-state index is 12.1. The first-order valence-electron chi connectivity index (χ1n) is 6.69. The van der Waals surface area contributed by atoms with Crippen LogP contribution in [-0.4, -0.2) is 61.1 Å². The molecule has 1 N–H and O–H groups in total. The van der Waals surface area contributed by atoms with Crippen LogP contribution in [0.15, 0.2) is 24.3 Å². The molecule has 0 bridgehead atoms. The largest absolute Gasteiger partial charge is 0.336 e. The van der Waals surface area contributed by atoms with Crippen molar-refractivity contribution in [2.24, 2.45) is 0 Å². The topological polar surface area (TPSA) is 82.0 Å². The van der Waals surface area contributed by atoms with E-state index in [9.17, 15) is 14.9 Å². The number of urea groups is 1. The normalized spacial score (nSPS) is 16.5. The lowest BCUT2D eigenvalue weighted by molar-refractivity contribution is -0.384. The van der Waals surface area contributed by atoms with Gasteiger partial charge in [-0.1, -0.05) is 0 Å². The van der Waals surface area contributed by atoms with E-state index in [2.05, 4.69) is 10.3 Å². The van der Waals surface area contributed by atoms with Crippen molar-refractivity contribution < 1.29 is 9.72 Å². The third-order valence-corrected chi connectivity index (χ3v) is 3.51. The van der Waals surface area contributed by atoms with Crippen LogP contribution in [0.2, 0.25) is 0 Å². The maximum Gasteiger partial charge on any atom is 0.336 e. The van der Waals surface area contributed by atoms with Crippen LogP contribution in [0.5, 0.6) is 0 Å². The molecule has 2 rings (SSSR count). The molecule has 0 aliphatic carbocycles. The predicted octanol–water partition coefficient (Wildman–Crippen LogP) is 0.903. The molecule has 114 valence electrons. The van der Waals surface area contributed by atoms with E-state index >= 15 is 0 Å². The van der Waals surface area contributed by atoms with Gasteiger partial charge in [0, 0.05) is 51.0 Å². The van der Waals surface area contributed by atoms with Crippen molar-refractivity contribution in [2.45, 2.75) is 0 Å². The Bertz CT molecular complexity index is 511. The van der Waals surface area contributed by atoms with E-state index in [1.165, 1.54) is 17.0 Å². The van der Waals surface area contributed by atoms with Gasteiger partial charge in [-0.15, -0.1) is 0 Å². The van der Waals surface area contributed by atoms with Crippen LogP contribution < -0.4 is 10.3 Å². The first-order chi connectivity index (χ1) is 9.97. The van der Waals surface area contributed by atoms with Crippen molar-refractivity contribution in [1.82, 2.24) is 15.3 Å². The summed E-state index contributed by atoms with van der Waals surface area (Å²) in [6.07, 6.45) is 0. The second kappa shape index (κ2) is 6.51. The number of nitrogens with one attached hydrogen (secondary N) is 1. The molecule has 1 aromatic carbocycles. The molecule has 0 atom stereocenters. The highest BCUT2D eigenvalue weighted by Crippen LogP contribution is 2.18. The number of carbonyl (C=O) groups excluding carboxylic acids is 1. The maximum atomic E-state index is 12.1. The lowest BCUT2D eigenvalue weighted by Crippen LogP contribution is -2.55. The van der Waals surface area contributed by atoms with Crippen molar-refractivity contribution in [3.8, 4) is 0 Å². The van der Waals surface area contributed by atoms with Crippen LogP contribution in [0, 0.1) is 10.1 Å². The summed E-state index contributed by atoms with van der Waals surface area (Å²) in [5.74, 6) is 0. The van der Waals surface area contributed by atoms with Gasteiger partial charge < -0.3 is 4.90 Å². The number of amides is 2. The number of likely N-dealkylation sites (N-methyl/N-ethyl adjacent to an activating group) is 1. The zero-order valence-corrected chi connectivity index (χ0v) is 12.2. The number of benzene rings is 1. The van der Waals surface area contributed by atoms with Crippen LogP contribution in [-0.2, 0) is 0 Å². The molecule has 8 nitrogen and oxygen atoms in total. The standard InChI is InChI=1S/C13H19N5O3/c1-15-7-9-17(10-8-15)14-13(19)16(2)11-3-5-12(6-4-11)18(20)21/h3-6H,7-10H2,1-2H3,(H,14,19). The summed E-state index contributed by atoms with van der Waals surface area (Å²) < 4.78 is 0. The van der Waals surface area contributed by atoms with Crippen molar-refractivity contribution >= 4 is 17.4 Å². The van der Waals surface area contributed by atoms with E-state index in [0.717, 1.165) is 26.2 Å². The van der Waals surface area contributed by atoms with Crippen LogP contribution in [0.25, 0.3) is 0 Å². The summed E-state index contributed by atoms with van der Waals surface area (Å²) in [7, 11) is 3.68. The van der Waals surface area contributed by atoms with Gasteiger partial charge in [-0.25, -0.2) is 9.80 Å². The lowest BCUT2D eigenvalue weighted by Gasteiger charge is -2.33. The highest BCUT2D eigenvalue weighted by Gasteiger charge is 2.18. The number of hydrazine groups is 1. The van der Waals surface area contributed by atoms with Crippen LogP contribution >= 0.6 is 0 Å². The molecule has 1 aliphatic rings. The highest BCUT2D eigenvalue weighted by molar-refractivity contribution is 5.91. The SMILES string of the molecule is CN1CCN(NC(=O)N(C)c2ccc([N+](=O)[O-])cc2)CC1. The summed E-state index contributed by atoms with van der Waals surface area (Å²) >= 11 is 0. The Hall–Kier alpha value is -2.19. The zero-order valence-electron chi connectivity index (χ0n) is 12.2. The molecule has 0 unspecified atom stereocenters. The van der Waals surface area contributed by atoms with Gasteiger partial charge in [0.2, 0.25) is 0 Å². The van der Waals surface area contributed by atoms with Gasteiger partial charge in [0.15, 0.2) is 0 Å². The number of nitro groups is 1. The summed E-state index contributed by atoms with van der Waals surface area (Å²) in [5.41, 5.74) is 3.44. The van der Waals surface area contributed by atoms with Crippen LogP contribution in [0.1, 0.15) is 0 Å². The Labute approximate surface area is 123 Å². The molecule has 0 spiro atoms. The molecule has 8 heteroatoms. The van der Waals surface area contributed by atoms with Gasteiger partial charge in [0.25, 0.3) is 5.69 Å². The molecule has 0 aromatic heterocycles. The van der Waals surface area contributed by atoms with Crippen LogP contribution in [0.4, 0.5) is 16.2 Å². The summed E-state index contributed by atoms with van der Waals surface area (Å²) in [6.45, 7) is 3.36. The van der Waals surface area contributed by atoms with Gasteiger partial charge in [-0.05, 0) is 19.2 Å². The first-order valence-corrected chi connectivity index (χ1v) is 6.69. The molecule has 1 heterocycles. The number of piperazine rings is 1. The van der Waals surface area contributed by atoms with Gasteiger partial charge >= 0.3 is 6.03 Å². The Balaban J connectivity index is 1.94. The number of non-ortho nitro benzene ring substituents is 1. The third-order valence-electron chi connectivity index (χ3n) is 3.51. The fraction of sp³-hybridized carbons (Fsp3) is 0.462. The van der Waals surface area contributed by atoms with E-state index in [4.69, 9.17) is 0 Å². The number of anilines is 1. The summed E-state index contributed by atoms with van der Waals surface area (Å²) in [5, 5.41) is 12.5. The molecule has 1 aliphatic heterocycles. The first kappa shape index (κ1) is 15.2. The fourth-order valence-corrected chi connectivity index (χ4v) is 2.04. The lowest BCUT2D eigenvalue weighted by atomic mass is 10.3. The van der Waals surface area contributed by atoms with Gasteiger partial charge in [-0.2, -0.15) is 0 Å². The molecule has 2 amide bonds. The third kappa shape index (κ3) is 3.89. The van der Waals surface area contributed by atoms with Crippen molar-refractivity contribution in [1.29, 1.82) is 0 Å². The number of hydrogen-bond donors (Lipinski definition) is 1. The molecule has 21 heavy (non-hydrogen) atoms. The summed E-state index contributed by atoms with van der Waals surface area (Å²) in [4.78, 5) is 25.9. The van der Waals surface area contributed by atoms with Gasteiger partial charge in [0.1, 0.15) is 0 Å². The van der Waals surface area contributed by atoms with Gasteiger partial charge in [-0.3, -0.25) is 20.4 Å². The number of nitrogens with zero attached hydrogens (tertiary/aromatic N) is 4. The van der Waals surface area contributed by atoms with E-state index < -0.39 is 4.92 Å². The molecule has 1 aromatic rings. The van der Waals surface area contributed by atoms with E-state index in [-0.39, 0.29) is 11.7 Å². The van der Waals surface area contributed by atoms with Crippen molar-refractivity contribution in [2.75, 3.05) is 45.2 Å². The highest BCUT2D eigenvalue weighted by atomic mass is 16.6. The van der Waals surface area contributed by atoms with Crippen LogP contribution in [0.3, 0.4) is 0 Å². The number of carbonyl (C=O) groups is 1. The van der Waals surface area contributed by atoms with E-state index in [1.54, 1.807) is 19.2 Å². The molecular formula is C13H19N5O3. The predicted molar refractivity (Wildman–Crippen MR) is 79.1 cm³/mol. The van der Waals surface area contributed by atoms with E-state index in [0.29, 0.717) is 5.69 Å². The minimum Gasteiger partial charge on any atom is -0.304 e. The van der Waals surface area contributed by atoms with E-state index in [1.807, 2.05) is 12.1 Å². The zero-order chi connectivity index (χ0) is 15.4. The van der Waals surface area contributed by atoms with Gasteiger partial charge in [0.05, 0.1) is 4.92 Å². The van der Waals surface area contributed by atoms with Crippen molar-refractivity contribution in [3.05, 3.63) is 34.4 Å². The number of rotatable bonds is 3. The molecular weight excluding hydrogens is 274 g/mol. The molecule has 1 fully saturated rings. The average Bonchev–Trinajstić information content (AvgIpc) is 2.49. The quantitative estimate of drug-likeness (QED) is 0.661. The Morgan fingerprint density at radius 3 is 2.33 bits per heavy atom.